The molecule has 1 atom stereocenters. The van der Waals surface area contributed by atoms with E-state index in [4.69, 9.17) is 0 Å². The van der Waals surface area contributed by atoms with Gasteiger partial charge in [0.1, 0.15) is 11.9 Å². The summed E-state index contributed by atoms with van der Waals surface area (Å²) in [7, 11) is 0. The minimum Gasteiger partial charge on any atom is -0.350 e. The molecule has 0 saturated heterocycles. The molecule has 0 aliphatic rings. The third-order valence-corrected chi connectivity index (χ3v) is 4.21. The smallest absolute Gasteiger partial charge is 0.262 e. The predicted molar refractivity (Wildman–Crippen MR) is 88.7 cm³/mol. The van der Waals surface area contributed by atoms with Crippen LogP contribution in [-0.2, 0) is 11.3 Å². The van der Waals surface area contributed by atoms with E-state index in [9.17, 15) is 14.0 Å². The van der Waals surface area contributed by atoms with Crippen LogP contribution >= 0.6 is 11.3 Å². The van der Waals surface area contributed by atoms with E-state index in [1.54, 1.807) is 24.3 Å². The molecule has 23 heavy (non-hydrogen) atoms. The maximum Gasteiger partial charge on any atom is 0.262 e. The Morgan fingerprint density at radius 2 is 2.00 bits per heavy atom. The third-order valence-electron chi connectivity index (χ3n) is 3.34. The monoisotopic (exact) mass is 334 g/mol. The van der Waals surface area contributed by atoms with Gasteiger partial charge in [0.25, 0.3) is 5.91 Å². The molecule has 0 bridgehead atoms. The van der Waals surface area contributed by atoms with E-state index in [2.05, 4.69) is 10.6 Å². The van der Waals surface area contributed by atoms with Crippen LogP contribution in [0.25, 0.3) is 0 Å². The van der Waals surface area contributed by atoms with Gasteiger partial charge in [-0.1, -0.05) is 32.0 Å². The van der Waals surface area contributed by atoms with E-state index in [0.717, 1.165) is 0 Å². The first kappa shape index (κ1) is 17.1. The summed E-state index contributed by atoms with van der Waals surface area (Å²) in [5.74, 6) is -0.955. The number of carbonyl (C=O) groups is 2. The number of carbonyl (C=O) groups excluding carboxylic acids is 2. The molecule has 0 spiro atoms. The van der Waals surface area contributed by atoms with E-state index in [1.807, 2.05) is 19.2 Å². The summed E-state index contributed by atoms with van der Waals surface area (Å²) >= 11 is 1.32. The summed E-state index contributed by atoms with van der Waals surface area (Å²) in [5.41, 5.74) is 0.672. The maximum atomic E-state index is 13.1. The van der Waals surface area contributed by atoms with E-state index < -0.39 is 6.04 Å². The number of hydrogen-bond donors (Lipinski definition) is 2. The van der Waals surface area contributed by atoms with Gasteiger partial charge in [-0.05, 0) is 35.1 Å². The molecule has 4 nitrogen and oxygen atoms in total. The standard InChI is InChI=1S/C17H19FN2O2S/c1-11(2)15(20-16(21)14-7-4-8-23-14)17(22)19-10-12-5-3-6-13(18)9-12/h3-9,11,15H,10H2,1-2H3,(H,19,22)(H,20,21). The van der Waals surface area contributed by atoms with Crippen molar-refractivity contribution in [2.45, 2.75) is 26.4 Å². The normalized spacial score (nSPS) is 12.0. The van der Waals surface area contributed by atoms with E-state index in [0.29, 0.717) is 10.4 Å². The summed E-state index contributed by atoms with van der Waals surface area (Å²) in [4.78, 5) is 25.0. The summed E-state index contributed by atoms with van der Waals surface area (Å²) in [6, 6.07) is 8.90. The van der Waals surface area contributed by atoms with Crippen LogP contribution in [0.3, 0.4) is 0 Å². The van der Waals surface area contributed by atoms with Crippen LogP contribution in [0.2, 0.25) is 0 Å². The lowest BCUT2D eigenvalue weighted by atomic mass is 10.0. The molecule has 122 valence electrons. The number of halogens is 1. The van der Waals surface area contributed by atoms with Crippen molar-refractivity contribution in [3.63, 3.8) is 0 Å². The van der Waals surface area contributed by atoms with E-state index in [1.165, 1.54) is 23.5 Å². The van der Waals surface area contributed by atoms with Crippen LogP contribution < -0.4 is 10.6 Å². The fourth-order valence-electron chi connectivity index (χ4n) is 2.10. The predicted octanol–water partition coefficient (Wildman–Crippen LogP) is 2.96. The first-order valence-corrected chi connectivity index (χ1v) is 8.22. The summed E-state index contributed by atoms with van der Waals surface area (Å²) < 4.78 is 13.1. The van der Waals surface area contributed by atoms with Gasteiger partial charge in [-0.3, -0.25) is 9.59 Å². The number of benzene rings is 1. The topological polar surface area (TPSA) is 58.2 Å². The van der Waals surface area contributed by atoms with Gasteiger partial charge in [-0.2, -0.15) is 0 Å². The lowest BCUT2D eigenvalue weighted by Gasteiger charge is -2.21. The zero-order valence-corrected chi connectivity index (χ0v) is 13.8. The number of nitrogens with one attached hydrogen (secondary N) is 2. The molecule has 0 saturated carbocycles. The highest BCUT2D eigenvalue weighted by Crippen LogP contribution is 2.10. The highest BCUT2D eigenvalue weighted by molar-refractivity contribution is 7.12. The minimum absolute atomic E-state index is 0.0635. The summed E-state index contributed by atoms with van der Waals surface area (Å²) in [6.45, 7) is 3.94. The molecular formula is C17H19FN2O2S. The van der Waals surface area contributed by atoms with Crippen molar-refractivity contribution < 1.29 is 14.0 Å². The van der Waals surface area contributed by atoms with Gasteiger partial charge in [0.15, 0.2) is 0 Å². The zero-order chi connectivity index (χ0) is 16.8. The van der Waals surface area contributed by atoms with Crippen LogP contribution in [0.1, 0.15) is 29.1 Å². The van der Waals surface area contributed by atoms with Gasteiger partial charge in [0.05, 0.1) is 4.88 Å². The van der Waals surface area contributed by atoms with E-state index >= 15 is 0 Å². The highest BCUT2D eigenvalue weighted by atomic mass is 32.1. The van der Waals surface area contributed by atoms with Crippen LogP contribution in [0.4, 0.5) is 4.39 Å². The van der Waals surface area contributed by atoms with Crippen molar-refractivity contribution in [2.24, 2.45) is 5.92 Å². The molecule has 2 rings (SSSR count). The lowest BCUT2D eigenvalue weighted by Crippen LogP contribution is -2.49. The average Bonchev–Trinajstić information content (AvgIpc) is 3.04. The molecular weight excluding hydrogens is 315 g/mol. The molecule has 0 aliphatic carbocycles. The Kier molecular flexibility index (Phi) is 5.87. The second-order valence-electron chi connectivity index (χ2n) is 5.52. The molecule has 1 aromatic heterocycles. The van der Waals surface area contributed by atoms with Crippen molar-refractivity contribution in [1.82, 2.24) is 10.6 Å². The van der Waals surface area contributed by atoms with Gasteiger partial charge < -0.3 is 10.6 Å². The molecule has 0 aliphatic heterocycles. The zero-order valence-electron chi connectivity index (χ0n) is 13.0. The Morgan fingerprint density at radius 3 is 2.61 bits per heavy atom. The second kappa shape index (κ2) is 7.87. The Morgan fingerprint density at radius 1 is 1.22 bits per heavy atom. The second-order valence-corrected chi connectivity index (χ2v) is 6.47. The van der Waals surface area contributed by atoms with Crippen molar-refractivity contribution >= 4 is 23.2 Å². The number of rotatable bonds is 6. The number of amides is 2. The fraction of sp³-hybridized carbons (Fsp3) is 0.294. The van der Waals surface area contributed by atoms with Crippen molar-refractivity contribution in [3.8, 4) is 0 Å². The molecule has 1 unspecified atom stereocenters. The maximum absolute atomic E-state index is 13.1. The van der Waals surface area contributed by atoms with Gasteiger partial charge in [-0.25, -0.2) is 4.39 Å². The van der Waals surface area contributed by atoms with Crippen molar-refractivity contribution in [2.75, 3.05) is 0 Å². The molecule has 2 N–H and O–H groups in total. The SMILES string of the molecule is CC(C)C(NC(=O)c1cccs1)C(=O)NCc1cccc(F)c1. The molecule has 6 heteroatoms. The third kappa shape index (κ3) is 4.89. The number of hydrogen-bond acceptors (Lipinski definition) is 3. The quantitative estimate of drug-likeness (QED) is 0.853. The Labute approximate surface area is 138 Å². The largest absolute Gasteiger partial charge is 0.350 e. The minimum atomic E-state index is -0.641. The van der Waals surface area contributed by atoms with Crippen LogP contribution in [-0.4, -0.2) is 17.9 Å². The van der Waals surface area contributed by atoms with E-state index in [-0.39, 0.29) is 30.1 Å². The molecule has 0 fully saturated rings. The summed E-state index contributed by atoms with van der Waals surface area (Å²) in [5, 5.41) is 7.30. The van der Waals surface area contributed by atoms with Crippen LogP contribution in [0, 0.1) is 11.7 Å². The fourth-order valence-corrected chi connectivity index (χ4v) is 2.73. The van der Waals surface area contributed by atoms with Crippen molar-refractivity contribution in [1.29, 1.82) is 0 Å². The molecule has 1 aromatic carbocycles. The number of thiophene rings is 1. The first-order valence-electron chi connectivity index (χ1n) is 7.34. The van der Waals surface area contributed by atoms with Crippen molar-refractivity contribution in [3.05, 3.63) is 58.0 Å². The summed E-state index contributed by atoms with van der Waals surface area (Å²) in [6.07, 6.45) is 0. The lowest BCUT2D eigenvalue weighted by molar-refractivity contribution is -0.124. The van der Waals surface area contributed by atoms with Crippen LogP contribution in [0.15, 0.2) is 41.8 Å². The van der Waals surface area contributed by atoms with Crippen LogP contribution in [0.5, 0.6) is 0 Å². The Hall–Kier alpha value is -2.21. The Balaban J connectivity index is 1.97. The first-order chi connectivity index (χ1) is 11.0. The van der Waals surface area contributed by atoms with Gasteiger partial charge in [0, 0.05) is 6.54 Å². The van der Waals surface area contributed by atoms with Gasteiger partial charge in [0.2, 0.25) is 5.91 Å². The van der Waals surface area contributed by atoms with Gasteiger partial charge in [-0.15, -0.1) is 11.3 Å². The molecule has 2 amide bonds. The average molecular weight is 334 g/mol. The molecule has 2 aromatic rings. The molecule has 0 radical (unpaired) electrons. The highest BCUT2D eigenvalue weighted by Gasteiger charge is 2.24. The molecule has 1 heterocycles. The van der Waals surface area contributed by atoms with Gasteiger partial charge >= 0.3 is 0 Å². The Bertz CT molecular complexity index is 671.